The molecule has 96 valence electrons. The van der Waals surface area contributed by atoms with Crippen LogP contribution >= 0.6 is 15.9 Å². The van der Waals surface area contributed by atoms with Crippen molar-refractivity contribution in [2.24, 2.45) is 0 Å². The van der Waals surface area contributed by atoms with Gasteiger partial charge < -0.3 is 10.4 Å². The highest BCUT2D eigenvalue weighted by Crippen LogP contribution is 2.22. The number of carbonyl (C=O) groups is 1. The number of aromatic hydroxyl groups is 1. The van der Waals surface area contributed by atoms with Crippen molar-refractivity contribution in [3.05, 3.63) is 39.9 Å². The predicted octanol–water partition coefficient (Wildman–Crippen LogP) is 3.38. The Balaban J connectivity index is 1.89. The quantitative estimate of drug-likeness (QED) is 0.838. The topological polar surface area (TPSA) is 49.3 Å². The molecule has 0 radical (unpaired) electrons. The van der Waals surface area contributed by atoms with Crippen molar-refractivity contribution in [1.82, 2.24) is 5.32 Å². The number of phenols is 1. The zero-order valence-corrected chi connectivity index (χ0v) is 11.7. The molecule has 4 heteroatoms. The second-order valence-corrected chi connectivity index (χ2v) is 5.34. The summed E-state index contributed by atoms with van der Waals surface area (Å²) in [6, 6.07) is 4.84. The van der Waals surface area contributed by atoms with Crippen molar-refractivity contribution in [3.63, 3.8) is 0 Å². The van der Waals surface area contributed by atoms with E-state index < -0.39 is 0 Å². The maximum atomic E-state index is 11.9. The molecule has 1 aliphatic carbocycles. The lowest BCUT2D eigenvalue weighted by atomic mass is 10.1. The molecule has 0 spiro atoms. The van der Waals surface area contributed by atoms with Gasteiger partial charge in [-0.15, -0.1) is 0 Å². The fourth-order valence-electron chi connectivity index (χ4n) is 2.09. The highest BCUT2D eigenvalue weighted by Gasteiger charge is 2.11. The molecule has 1 amide bonds. The summed E-state index contributed by atoms with van der Waals surface area (Å²) in [5.74, 6) is -0.219. The number of benzene rings is 1. The molecule has 0 fully saturated rings. The van der Waals surface area contributed by atoms with Crippen LogP contribution in [0.1, 0.15) is 36.0 Å². The van der Waals surface area contributed by atoms with Gasteiger partial charge in [0.15, 0.2) is 0 Å². The SMILES string of the molecule is O=C(NCCC1=CCCC1)c1cc(Br)ccc1O. The van der Waals surface area contributed by atoms with Crippen molar-refractivity contribution in [2.45, 2.75) is 25.7 Å². The molecule has 1 aliphatic rings. The Morgan fingerprint density at radius 3 is 3.00 bits per heavy atom. The van der Waals surface area contributed by atoms with Crippen LogP contribution in [0.5, 0.6) is 5.75 Å². The van der Waals surface area contributed by atoms with Gasteiger partial charge in [0.2, 0.25) is 0 Å². The molecule has 0 saturated carbocycles. The molecule has 18 heavy (non-hydrogen) atoms. The third-order valence-electron chi connectivity index (χ3n) is 3.07. The van der Waals surface area contributed by atoms with Gasteiger partial charge in [-0.05, 0) is 43.9 Å². The number of hydrogen-bond donors (Lipinski definition) is 2. The molecule has 3 nitrogen and oxygen atoms in total. The van der Waals surface area contributed by atoms with E-state index in [1.54, 1.807) is 12.1 Å². The number of halogens is 1. The zero-order valence-electron chi connectivity index (χ0n) is 10.1. The summed E-state index contributed by atoms with van der Waals surface area (Å²) in [7, 11) is 0. The van der Waals surface area contributed by atoms with E-state index in [4.69, 9.17) is 0 Å². The summed E-state index contributed by atoms with van der Waals surface area (Å²) in [6.07, 6.45) is 6.70. The molecule has 0 aromatic heterocycles. The van der Waals surface area contributed by atoms with Gasteiger partial charge in [0.1, 0.15) is 5.75 Å². The average Bonchev–Trinajstić information content (AvgIpc) is 2.85. The second kappa shape index (κ2) is 6.05. The number of phenolic OH excluding ortho intramolecular Hbond substituents is 1. The summed E-state index contributed by atoms with van der Waals surface area (Å²) in [4.78, 5) is 11.9. The molecule has 0 bridgehead atoms. The molecular weight excluding hydrogens is 294 g/mol. The number of rotatable bonds is 4. The van der Waals surface area contributed by atoms with Gasteiger partial charge in [0.25, 0.3) is 5.91 Å². The monoisotopic (exact) mass is 309 g/mol. The van der Waals surface area contributed by atoms with Crippen molar-refractivity contribution in [2.75, 3.05) is 6.54 Å². The van der Waals surface area contributed by atoms with Crippen LogP contribution in [-0.2, 0) is 0 Å². The Bertz CT molecular complexity index is 483. The zero-order chi connectivity index (χ0) is 13.0. The van der Waals surface area contributed by atoms with Crippen LogP contribution in [0.25, 0.3) is 0 Å². The lowest BCUT2D eigenvalue weighted by Gasteiger charge is -2.07. The third kappa shape index (κ3) is 3.35. The molecule has 1 aromatic rings. The van der Waals surface area contributed by atoms with E-state index in [-0.39, 0.29) is 11.7 Å². The van der Waals surface area contributed by atoms with Crippen molar-refractivity contribution in [1.29, 1.82) is 0 Å². The molecule has 0 heterocycles. The minimum Gasteiger partial charge on any atom is -0.507 e. The first-order valence-electron chi connectivity index (χ1n) is 6.11. The van der Waals surface area contributed by atoms with Crippen LogP contribution in [0.2, 0.25) is 0 Å². The lowest BCUT2D eigenvalue weighted by Crippen LogP contribution is -2.24. The maximum absolute atomic E-state index is 11.9. The number of carbonyl (C=O) groups excluding carboxylic acids is 1. The molecule has 0 unspecified atom stereocenters. The number of allylic oxidation sites excluding steroid dienone is 1. The Morgan fingerprint density at radius 2 is 2.28 bits per heavy atom. The van der Waals surface area contributed by atoms with Crippen molar-refractivity contribution >= 4 is 21.8 Å². The van der Waals surface area contributed by atoms with Crippen LogP contribution in [0.4, 0.5) is 0 Å². The largest absolute Gasteiger partial charge is 0.507 e. The van der Waals surface area contributed by atoms with E-state index >= 15 is 0 Å². The normalized spacial score (nSPS) is 14.4. The third-order valence-corrected chi connectivity index (χ3v) is 3.56. The fraction of sp³-hybridized carbons (Fsp3) is 0.357. The Morgan fingerprint density at radius 1 is 1.44 bits per heavy atom. The molecular formula is C14H16BrNO2. The van der Waals surface area contributed by atoms with Crippen molar-refractivity contribution < 1.29 is 9.90 Å². The molecule has 2 N–H and O–H groups in total. The summed E-state index contributed by atoms with van der Waals surface area (Å²) < 4.78 is 0.781. The summed E-state index contributed by atoms with van der Waals surface area (Å²) in [6.45, 7) is 0.622. The van der Waals surface area contributed by atoms with Gasteiger partial charge >= 0.3 is 0 Å². The Labute approximate surface area is 115 Å². The van der Waals surface area contributed by atoms with Crippen molar-refractivity contribution in [3.8, 4) is 5.75 Å². The minimum absolute atomic E-state index is 0.00998. The maximum Gasteiger partial charge on any atom is 0.255 e. The molecule has 0 saturated heterocycles. The van der Waals surface area contributed by atoms with E-state index in [9.17, 15) is 9.90 Å². The predicted molar refractivity (Wildman–Crippen MR) is 74.7 cm³/mol. The second-order valence-electron chi connectivity index (χ2n) is 4.42. The fourth-order valence-corrected chi connectivity index (χ4v) is 2.45. The first kappa shape index (κ1) is 13.1. The summed E-state index contributed by atoms with van der Waals surface area (Å²) in [5.41, 5.74) is 1.73. The lowest BCUT2D eigenvalue weighted by molar-refractivity contribution is 0.0951. The Hall–Kier alpha value is -1.29. The van der Waals surface area contributed by atoms with Gasteiger partial charge in [0.05, 0.1) is 5.56 Å². The molecule has 1 aromatic carbocycles. The summed E-state index contributed by atoms with van der Waals surface area (Å²) >= 11 is 3.29. The van der Waals surface area contributed by atoms with E-state index in [1.807, 2.05) is 0 Å². The molecule has 2 rings (SSSR count). The number of amides is 1. The van der Waals surface area contributed by atoms with Crippen LogP contribution in [0, 0.1) is 0 Å². The first-order chi connectivity index (χ1) is 8.66. The van der Waals surface area contributed by atoms with Crippen LogP contribution < -0.4 is 5.32 Å². The highest BCUT2D eigenvalue weighted by atomic mass is 79.9. The van der Waals surface area contributed by atoms with Gasteiger partial charge in [-0.2, -0.15) is 0 Å². The van der Waals surface area contributed by atoms with Crippen LogP contribution in [0.3, 0.4) is 0 Å². The van der Waals surface area contributed by atoms with Gasteiger partial charge in [-0.3, -0.25) is 4.79 Å². The van der Waals surface area contributed by atoms with E-state index in [2.05, 4.69) is 27.3 Å². The standard InChI is InChI=1S/C14H16BrNO2/c15-11-5-6-13(17)12(9-11)14(18)16-8-7-10-3-1-2-4-10/h3,5-6,9,17H,1-2,4,7-8H2,(H,16,18). The first-order valence-corrected chi connectivity index (χ1v) is 6.91. The average molecular weight is 310 g/mol. The molecule has 0 atom stereocenters. The highest BCUT2D eigenvalue weighted by molar-refractivity contribution is 9.10. The number of nitrogens with one attached hydrogen (secondary N) is 1. The number of hydrogen-bond acceptors (Lipinski definition) is 2. The van der Waals surface area contributed by atoms with E-state index in [0.717, 1.165) is 23.7 Å². The van der Waals surface area contributed by atoms with Gasteiger partial charge in [-0.25, -0.2) is 0 Å². The summed E-state index contributed by atoms with van der Waals surface area (Å²) in [5, 5.41) is 12.5. The van der Waals surface area contributed by atoms with Crippen LogP contribution in [-0.4, -0.2) is 17.6 Å². The van der Waals surface area contributed by atoms with E-state index in [0.29, 0.717) is 12.1 Å². The smallest absolute Gasteiger partial charge is 0.255 e. The molecule has 0 aliphatic heterocycles. The van der Waals surface area contributed by atoms with Crippen LogP contribution in [0.15, 0.2) is 34.3 Å². The van der Waals surface area contributed by atoms with Gasteiger partial charge in [-0.1, -0.05) is 27.6 Å². The minimum atomic E-state index is -0.229. The van der Waals surface area contributed by atoms with E-state index in [1.165, 1.54) is 18.1 Å². The Kier molecular flexibility index (Phi) is 4.42. The van der Waals surface area contributed by atoms with Gasteiger partial charge in [0, 0.05) is 11.0 Å².